The Morgan fingerprint density at radius 3 is 2.67 bits per heavy atom. The van der Waals surface area contributed by atoms with E-state index in [0.29, 0.717) is 6.42 Å². The number of pyridine rings is 1. The van der Waals surface area contributed by atoms with E-state index in [1.165, 1.54) is 6.07 Å². The molecule has 1 aromatic rings. The van der Waals surface area contributed by atoms with Crippen LogP contribution in [0, 0.1) is 0 Å². The highest BCUT2D eigenvalue weighted by atomic mass is 35.5. The van der Waals surface area contributed by atoms with Crippen LogP contribution < -0.4 is 10.5 Å². The second-order valence-electron chi connectivity index (χ2n) is 3.41. The van der Waals surface area contributed by atoms with Crippen molar-refractivity contribution < 1.29 is 13.2 Å². The normalized spacial score (nSPS) is 11.4. The molecule has 1 aromatic heterocycles. The van der Waals surface area contributed by atoms with Crippen LogP contribution >= 0.6 is 23.2 Å². The number of carbonyl (C=O) groups excluding carboxylic acids is 1. The number of hydrogen-bond donors (Lipinski definition) is 2. The molecule has 3 N–H and O–H groups in total. The van der Waals surface area contributed by atoms with Crippen molar-refractivity contribution in [2.45, 2.75) is 17.7 Å². The summed E-state index contributed by atoms with van der Waals surface area (Å²) in [5, 5.41) is 0.0843. The van der Waals surface area contributed by atoms with Crippen molar-refractivity contribution in [3.8, 4) is 0 Å². The fraction of sp³-hybridized carbons (Fsp3) is 0.333. The van der Waals surface area contributed by atoms with Crippen LogP contribution in [-0.4, -0.2) is 25.9 Å². The Bertz CT molecular complexity index is 548. The highest BCUT2D eigenvalue weighted by molar-refractivity contribution is 7.89. The van der Waals surface area contributed by atoms with Gasteiger partial charge in [0.25, 0.3) is 0 Å². The van der Waals surface area contributed by atoms with Gasteiger partial charge in [0, 0.05) is 19.2 Å². The van der Waals surface area contributed by atoms with E-state index in [1.807, 2.05) is 0 Å². The molecule has 0 aliphatic carbocycles. The van der Waals surface area contributed by atoms with Crippen LogP contribution in [-0.2, 0) is 14.8 Å². The number of aromatic nitrogens is 1. The Morgan fingerprint density at radius 1 is 1.44 bits per heavy atom. The van der Waals surface area contributed by atoms with Gasteiger partial charge in [0.1, 0.15) is 10.0 Å². The van der Waals surface area contributed by atoms with E-state index in [-0.39, 0.29) is 28.0 Å². The number of rotatable bonds is 6. The van der Waals surface area contributed by atoms with Crippen LogP contribution in [0.2, 0.25) is 10.2 Å². The minimum absolute atomic E-state index is 0.0318. The van der Waals surface area contributed by atoms with Gasteiger partial charge in [-0.25, -0.2) is 18.1 Å². The van der Waals surface area contributed by atoms with Crippen LogP contribution in [0.1, 0.15) is 12.8 Å². The minimum Gasteiger partial charge on any atom is -0.370 e. The summed E-state index contributed by atoms with van der Waals surface area (Å²) in [4.78, 5) is 14.0. The topological polar surface area (TPSA) is 102 Å². The van der Waals surface area contributed by atoms with Gasteiger partial charge in [0.2, 0.25) is 15.9 Å². The molecule has 1 heterocycles. The highest BCUT2D eigenvalue weighted by Crippen LogP contribution is 2.21. The van der Waals surface area contributed by atoms with Crippen molar-refractivity contribution >= 4 is 39.1 Å². The Kier molecular flexibility index (Phi) is 5.33. The third-order valence-corrected chi connectivity index (χ3v) is 4.09. The monoisotopic (exact) mass is 311 g/mol. The minimum atomic E-state index is -3.71. The van der Waals surface area contributed by atoms with Crippen LogP contribution in [0.3, 0.4) is 0 Å². The van der Waals surface area contributed by atoms with E-state index >= 15 is 0 Å². The number of nitrogens with two attached hydrogens (primary N) is 1. The predicted octanol–water partition coefficient (Wildman–Crippen LogP) is 0.932. The number of amides is 1. The van der Waals surface area contributed by atoms with Crippen molar-refractivity contribution in [1.29, 1.82) is 0 Å². The maximum absolute atomic E-state index is 11.8. The molecule has 0 unspecified atom stereocenters. The maximum Gasteiger partial charge on any atom is 0.242 e. The van der Waals surface area contributed by atoms with Crippen molar-refractivity contribution in [2.75, 3.05) is 6.54 Å². The average Bonchev–Trinajstić information content (AvgIpc) is 2.28. The lowest BCUT2D eigenvalue weighted by atomic mass is 10.3. The second kappa shape index (κ2) is 6.33. The smallest absolute Gasteiger partial charge is 0.242 e. The molecular weight excluding hydrogens is 301 g/mol. The number of halogens is 2. The number of carbonyl (C=O) groups is 1. The summed E-state index contributed by atoms with van der Waals surface area (Å²) >= 11 is 11.3. The molecule has 100 valence electrons. The number of primary amides is 1. The van der Waals surface area contributed by atoms with Crippen LogP contribution in [0.25, 0.3) is 0 Å². The summed E-state index contributed by atoms with van der Waals surface area (Å²) in [6.07, 6.45) is 1.54. The van der Waals surface area contributed by atoms with Crippen LogP contribution in [0.4, 0.5) is 0 Å². The van der Waals surface area contributed by atoms with E-state index in [4.69, 9.17) is 28.9 Å². The molecule has 1 amide bonds. The van der Waals surface area contributed by atoms with Gasteiger partial charge in [-0.15, -0.1) is 0 Å². The summed E-state index contributed by atoms with van der Waals surface area (Å²) in [6.45, 7) is 0.103. The zero-order valence-corrected chi connectivity index (χ0v) is 11.5. The molecule has 0 radical (unpaired) electrons. The highest BCUT2D eigenvalue weighted by Gasteiger charge is 2.15. The largest absolute Gasteiger partial charge is 0.370 e. The molecule has 9 heteroatoms. The van der Waals surface area contributed by atoms with Crippen LogP contribution in [0.15, 0.2) is 17.2 Å². The molecule has 0 bridgehead atoms. The molecule has 0 aromatic carbocycles. The van der Waals surface area contributed by atoms with Crippen molar-refractivity contribution in [3.05, 3.63) is 22.4 Å². The van der Waals surface area contributed by atoms with E-state index in [2.05, 4.69) is 9.71 Å². The van der Waals surface area contributed by atoms with Gasteiger partial charge < -0.3 is 5.73 Å². The zero-order valence-electron chi connectivity index (χ0n) is 9.19. The summed E-state index contributed by atoms with van der Waals surface area (Å²) in [7, 11) is -3.71. The number of sulfonamides is 1. The summed E-state index contributed by atoms with van der Waals surface area (Å²) < 4.78 is 25.8. The van der Waals surface area contributed by atoms with Crippen molar-refractivity contribution in [2.24, 2.45) is 5.73 Å². The molecule has 0 fully saturated rings. The Hall–Kier alpha value is -0.890. The van der Waals surface area contributed by atoms with E-state index in [9.17, 15) is 13.2 Å². The van der Waals surface area contributed by atoms with Crippen molar-refractivity contribution in [1.82, 2.24) is 9.71 Å². The maximum atomic E-state index is 11.8. The molecule has 0 atom stereocenters. The first-order chi connectivity index (χ1) is 8.33. The molecule has 0 saturated carbocycles. The second-order valence-corrected chi connectivity index (χ2v) is 5.94. The third kappa shape index (κ3) is 4.41. The predicted molar refractivity (Wildman–Crippen MR) is 67.9 cm³/mol. The lowest BCUT2D eigenvalue weighted by molar-refractivity contribution is -0.118. The summed E-state index contributed by atoms with van der Waals surface area (Å²) in [5.41, 5.74) is 4.93. The fourth-order valence-electron chi connectivity index (χ4n) is 1.10. The average molecular weight is 312 g/mol. The number of nitrogens with zero attached hydrogens (tertiary/aromatic N) is 1. The SMILES string of the molecule is NC(=O)CCCNS(=O)(=O)c1cnc(Cl)c(Cl)c1. The first-order valence-corrected chi connectivity index (χ1v) is 7.16. The molecule has 0 aliphatic heterocycles. The quantitative estimate of drug-likeness (QED) is 0.602. The van der Waals surface area contributed by atoms with Gasteiger partial charge in [-0.2, -0.15) is 0 Å². The van der Waals surface area contributed by atoms with Gasteiger partial charge in [-0.3, -0.25) is 4.79 Å². The van der Waals surface area contributed by atoms with Gasteiger partial charge in [0.15, 0.2) is 0 Å². The molecule has 0 spiro atoms. The third-order valence-electron chi connectivity index (χ3n) is 1.97. The Labute approximate surface area is 115 Å². The number of hydrogen-bond acceptors (Lipinski definition) is 4. The standard InChI is InChI=1S/C9H11Cl2N3O3S/c10-7-4-6(5-13-9(7)11)18(16,17)14-3-1-2-8(12)15/h4-5,14H,1-3H2,(H2,12,15). The lowest BCUT2D eigenvalue weighted by Crippen LogP contribution is -2.26. The fourth-order valence-corrected chi connectivity index (χ4v) is 2.48. The summed E-state index contributed by atoms with van der Waals surface area (Å²) in [5.74, 6) is -0.481. The van der Waals surface area contributed by atoms with E-state index in [0.717, 1.165) is 6.20 Å². The van der Waals surface area contributed by atoms with Gasteiger partial charge >= 0.3 is 0 Å². The molecule has 0 saturated heterocycles. The molecule has 0 aliphatic rings. The van der Waals surface area contributed by atoms with Gasteiger partial charge in [0.05, 0.1) is 5.02 Å². The Balaban J connectivity index is 2.68. The van der Waals surface area contributed by atoms with E-state index < -0.39 is 15.9 Å². The lowest BCUT2D eigenvalue weighted by Gasteiger charge is -2.06. The summed E-state index contributed by atoms with van der Waals surface area (Å²) in [6, 6.07) is 1.20. The number of nitrogens with one attached hydrogen (secondary N) is 1. The zero-order chi connectivity index (χ0) is 13.8. The van der Waals surface area contributed by atoms with E-state index in [1.54, 1.807) is 0 Å². The van der Waals surface area contributed by atoms with Gasteiger partial charge in [-0.05, 0) is 12.5 Å². The van der Waals surface area contributed by atoms with Crippen LogP contribution in [0.5, 0.6) is 0 Å². The Morgan fingerprint density at radius 2 is 2.11 bits per heavy atom. The van der Waals surface area contributed by atoms with Gasteiger partial charge in [-0.1, -0.05) is 23.2 Å². The molecular formula is C9H11Cl2N3O3S. The first-order valence-electron chi connectivity index (χ1n) is 4.92. The molecule has 18 heavy (non-hydrogen) atoms. The molecule has 6 nitrogen and oxygen atoms in total. The first kappa shape index (κ1) is 15.2. The molecule has 1 rings (SSSR count). The van der Waals surface area contributed by atoms with Crippen molar-refractivity contribution in [3.63, 3.8) is 0 Å².